The zero-order valence-corrected chi connectivity index (χ0v) is 13.7. The van der Waals surface area contributed by atoms with Crippen molar-refractivity contribution in [3.8, 4) is 0 Å². The molecule has 9 atom stereocenters. The first-order chi connectivity index (χ1) is 10.9. The number of methoxy groups -OCH3 is 3. The van der Waals surface area contributed by atoms with Crippen LogP contribution in [0.2, 0.25) is 0 Å². The standard InChI is InChI=1S/C14H26O9/c1-6-8(16)10(18-2)12(20-4)14(22-6)23-9-7(15)5-21-13(17)11(9)19-3/h6-17H,5H2,1-4H3/t6-,7-,8+,9+,10+,11-,12-,13?,14-/m1/s1. The quantitative estimate of drug-likeness (QED) is 0.535. The summed E-state index contributed by atoms with van der Waals surface area (Å²) in [5.41, 5.74) is 0. The van der Waals surface area contributed by atoms with Crippen molar-refractivity contribution < 1.29 is 43.7 Å². The van der Waals surface area contributed by atoms with Gasteiger partial charge in [0.15, 0.2) is 12.6 Å². The molecular weight excluding hydrogens is 312 g/mol. The van der Waals surface area contributed by atoms with Crippen LogP contribution in [0.15, 0.2) is 0 Å². The van der Waals surface area contributed by atoms with E-state index in [1.165, 1.54) is 21.3 Å². The molecule has 0 bridgehead atoms. The third-order valence-corrected chi connectivity index (χ3v) is 4.29. The fourth-order valence-corrected chi connectivity index (χ4v) is 2.96. The summed E-state index contributed by atoms with van der Waals surface area (Å²) in [6, 6.07) is 0. The molecular formula is C14H26O9. The molecule has 3 N–H and O–H groups in total. The lowest BCUT2D eigenvalue weighted by atomic mass is 9.98. The number of rotatable bonds is 5. The first kappa shape index (κ1) is 19.0. The van der Waals surface area contributed by atoms with Gasteiger partial charge in [-0.15, -0.1) is 0 Å². The van der Waals surface area contributed by atoms with Crippen LogP contribution in [0.25, 0.3) is 0 Å². The van der Waals surface area contributed by atoms with E-state index < -0.39 is 55.3 Å². The molecule has 0 aromatic heterocycles. The summed E-state index contributed by atoms with van der Waals surface area (Å²) in [5, 5.41) is 30.1. The molecule has 0 aliphatic carbocycles. The first-order valence-electron chi connectivity index (χ1n) is 7.49. The molecule has 0 radical (unpaired) electrons. The number of aliphatic hydroxyl groups excluding tert-OH is 3. The predicted molar refractivity (Wildman–Crippen MR) is 75.6 cm³/mol. The van der Waals surface area contributed by atoms with Gasteiger partial charge in [-0.2, -0.15) is 0 Å². The number of aliphatic hydroxyl groups is 3. The highest BCUT2D eigenvalue weighted by molar-refractivity contribution is 4.92. The minimum absolute atomic E-state index is 0.0953. The van der Waals surface area contributed by atoms with Crippen LogP contribution in [-0.2, 0) is 28.4 Å². The minimum Gasteiger partial charge on any atom is -0.388 e. The van der Waals surface area contributed by atoms with Crippen LogP contribution in [0.1, 0.15) is 6.92 Å². The van der Waals surface area contributed by atoms with Crippen molar-refractivity contribution in [2.75, 3.05) is 27.9 Å². The van der Waals surface area contributed by atoms with Gasteiger partial charge in [-0.25, -0.2) is 0 Å². The molecule has 2 aliphatic rings. The van der Waals surface area contributed by atoms with Crippen molar-refractivity contribution in [1.82, 2.24) is 0 Å². The van der Waals surface area contributed by atoms with Gasteiger partial charge >= 0.3 is 0 Å². The van der Waals surface area contributed by atoms with Gasteiger partial charge in [0.1, 0.15) is 36.6 Å². The van der Waals surface area contributed by atoms with Gasteiger partial charge in [-0.1, -0.05) is 0 Å². The molecule has 0 spiro atoms. The summed E-state index contributed by atoms with van der Waals surface area (Å²) in [5.74, 6) is 0. The Kier molecular flexibility index (Phi) is 6.72. The second kappa shape index (κ2) is 8.15. The lowest BCUT2D eigenvalue weighted by Gasteiger charge is -2.45. The molecule has 2 aliphatic heterocycles. The molecule has 0 amide bonds. The summed E-state index contributed by atoms with van der Waals surface area (Å²) in [4.78, 5) is 0. The Hall–Kier alpha value is -0.360. The summed E-state index contributed by atoms with van der Waals surface area (Å²) < 4.78 is 32.3. The lowest BCUT2D eigenvalue weighted by Crippen LogP contribution is -2.62. The normalized spacial score (nSPS) is 48.4. The smallest absolute Gasteiger partial charge is 0.187 e. The van der Waals surface area contributed by atoms with Gasteiger partial charge in [0.25, 0.3) is 0 Å². The second-order valence-corrected chi connectivity index (χ2v) is 5.69. The Balaban J connectivity index is 2.15. The third-order valence-electron chi connectivity index (χ3n) is 4.29. The van der Waals surface area contributed by atoms with E-state index >= 15 is 0 Å². The minimum atomic E-state index is -1.22. The SMILES string of the molecule is CO[C@H]1[C@@H](O[C@H]2[C@H](O)COC(O)[C@@H]2OC)O[C@H](C)[C@H](O)[C@@H]1OC. The lowest BCUT2D eigenvalue weighted by molar-refractivity contribution is -0.347. The molecule has 2 fully saturated rings. The fourth-order valence-electron chi connectivity index (χ4n) is 2.96. The van der Waals surface area contributed by atoms with Crippen LogP contribution in [0.3, 0.4) is 0 Å². The van der Waals surface area contributed by atoms with E-state index in [0.29, 0.717) is 0 Å². The predicted octanol–water partition coefficient (Wildman–Crippen LogP) is -1.77. The van der Waals surface area contributed by atoms with E-state index in [1.807, 2.05) is 0 Å². The van der Waals surface area contributed by atoms with Gasteiger partial charge in [-0.3, -0.25) is 0 Å². The molecule has 23 heavy (non-hydrogen) atoms. The van der Waals surface area contributed by atoms with Crippen molar-refractivity contribution in [2.24, 2.45) is 0 Å². The highest BCUT2D eigenvalue weighted by Crippen LogP contribution is 2.29. The Bertz CT molecular complexity index is 368. The Morgan fingerprint density at radius 1 is 0.870 bits per heavy atom. The molecule has 0 aromatic rings. The molecule has 0 aromatic carbocycles. The number of hydrogen-bond acceptors (Lipinski definition) is 9. The molecule has 2 heterocycles. The molecule has 0 saturated carbocycles. The van der Waals surface area contributed by atoms with Crippen molar-refractivity contribution in [3.63, 3.8) is 0 Å². The Morgan fingerprint density at radius 3 is 2.04 bits per heavy atom. The monoisotopic (exact) mass is 338 g/mol. The summed E-state index contributed by atoms with van der Waals surface area (Å²) >= 11 is 0. The van der Waals surface area contributed by atoms with Crippen molar-refractivity contribution >= 4 is 0 Å². The van der Waals surface area contributed by atoms with Crippen LogP contribution in [0, 0.1) is 0 Å². The van der Waals surface area contributed by atoms with Gasteiger partial charge in [0.05, 0.1) is 12.7 Å². The van der Waals surface area contributed by atoms with Crippen LogP contribution in [0.5, 0.6) is 0 Å². The van der Waals surface area contributed by atoms with E-state index in [9.17, 15) is 15.3 Å². The van der Waals surface area contributed by atoms with E-state index in [-0.39, 0.29) is 6.61 Å². The van der Waals surface area contributed by atoms with Gasteiger partial charge in [0.2, 0.25) is 0 Å². The average Bonchev–Trinajstić information content (AvgIpc) is 2.54. The van der Waals surface area contributed by atoms with Gasteiger partial charge in [-0.05, 0) is 6.92 Å². The second-order valence-electron chi connectivity index (χ2n) is 5.69. The summed E-state index contributed by atoms with van der Waals surface area (Å²) in [6.07, 6.45) is -7.72. The van der Waals surface area contributed by atoms with E-state index in [1.54, 1.807) is 6.92 Å². The van der Waals surface area contributed by atoms with Crippen LogP contribution >= 0.6 is 0 Å². The van der Waals surface area contributed by atoms with Crippen LogP contribution in [0.4, 0.5) is 0 Å². The maximum absolute atomic E-state index is 10.1. The summed E-state index contributed by atoms with van der Waals surface area (Å²) in [6.45, 7) is 1.59. The van der Waals surface area contributed by atoms with Crippen LogP contribution < -0.4 is 0 Å². The largest absolute Gasteiger partial charge is 0.388 e. The molecule has 2 saturated heterocycles. The Morgan fingerprint density at radius 2 is 1.48 bits per heavy atom. The maximum Gasteiger partial charge on any atom is 0.187 e. The Labute approximate surface area is 135 Å². The third kappa shape index (κ3) is 3.84. The zero-order chi connectivity index (χ0) is 17.1. The molecule has 136 valence electrons. The molecule has 2 rings (SSSR count). The van der Waals surface area contributed by atoms with Crippen molar-refractivity contribution in [1.29, 1.82) is 0 Å². The van der Waals surface area contributed by atoms with Crippen molar-refractivity contribution in [2.45, 2.75) is 62.2 Å². The highest BCUT2D eigenvalue weighted by atomic mass is 16.7. The van der Waals surface area contributed by atoms with E-state index in [4.69, 9.17) is 28.4 Å². The number of hydrogen-bond donors (Lipinski definition) is 3. The highest BCUT2D eigenvalue weighted by Gasteiger charge is 2.49. The fraction of sp³-hybridized carbons (Fsp3) is 1.00. The van der Waals surface area contributed by atoms with Crippen molar-refractivity contribution in [3.05, 3.63) is 0 Å². The molecule has 9 nitrogen and oxygen atoms in total. The van der Waals surface area contributed by atoms with Gasteiger partial charge < -0.3 is 43.7 Å². The molecule has 1 unspecified atom stereocenters. The van der Waals surface area contributed by atoms with Crippen LogP contribution in [-0.4, -0.2) is 98.6 Å². The first-order valence-corrected chi connectivity index (χ1v) is 7.49. The maximum atomic E-state index is 10.1. The van der Waals surface area contributed by atoms with E-state index in [2.05, 4.69) is 0 Å². The van der Waals surface area contributed by atoms with Gasteiger partial charge in [0, 0.05) is 21.3 Å². The van der Waals surface area contributed by atoms with E-state index in [0.717, 1.165) is 0 Å². The summed E-state index contributed by atoms with van der Waals surface area (Å²) in [7, 11) is 4.29. The zero-order valence-electron chi connectivity index (χ0n) is 13.7. The number of ether oxygens (including phenoxy) is 6. The topological polar surface area (TPSA) is 116 Å². The average molecular weight is 338 g/mol. The molecule has 9 heteroatoms.